The van der Waals surface area contributed by atoms with Crippen LogP contribution >= 0.6 is 0 Å². The van der Waals surface area contributed by atoms with E-state index in [0.29, 0.717) is 29.3 Å². The summed E-state index contributed by atoms with van der Waals surface area (Å²) in [5.41, 5.74) is 3.25. The van der Waals surface area contributed by atoms with Gasteiger partial charge in [-0.05, 0) is 105 Å². The number of aromatic nitrogens is 2. The minimum atomic E-state index is -0.209. The van der Waals surface area contributed by atoms with Crippen LogP contribution in [0, 0.1) is 30.1 Å². The van der Waals surface area contributed by atoms with Crippen LogP contribution in [0.25, 0.3) is 11.4 Å². The Balaban J connectivity index is 1.05. The molecule has 7 heteroatoms. The van der Waals surface area contributed by atoms with Gasteiger partial charge in [-0.25, -0.2) is 4.98 Å². The van der Waals surface area contributed by atoms with Gasteiger partial charge in [-0.2, -0.15) is 0 Å². The number of carbonyl (C=O) groups excluding carboxylic acids is 2. The molecule has 4 aliphatic carbocycles. The van der Waals surface area contributed by atoms with Crippen molar-refractivity contribution < 1.29 is 9.59 Å². The Bertz CT molecular complexity index is 1360. The Kier molecular flexibility index (Phi) is 5.94. The Hall–Kier alpha value is -3.74. The first-order valence-electron chi connectivity index (χ1n) is 13.2. The van der Waals surface area contributed by atoms with E-state index in [9.17, 15) is 14.4 Å². The highest BCUT2D eigenvalue weighted by molar-refractivity contribution is 6.04. The molecule has 4 fully saturated rings. The number of benzene rings is 2. The van der Waals surface area contributed by atoms with Crippen LogP contribution in [0.15, 0.2) is 59.4 Å². The topological polar surface area (TPSA) is 104 Å². The lowest BCUT2D eigenvalue weighted by atomic mass is 9.49. The van der Waals surface area contributed by atoms with Crippen molar-refractivity contribution in [3.05, 3.63) is 81.8 Å². The molecule has 4 bridgehead atoms. The van der Waals surface area contributed by atoms with Gasteiger partial charge in [0.25, 0.3) is 11.5 Å². The van der Waals surface area contributed by atoms with Gasteiger partial charge >= 0.3 is 0 Å². The number of nitrogens with one attached hydrogen (secondary N) is 3. The zero-order valence-corrected chi connectivity index (χ0v) is 21.0. The molecule has 0 aliphatic heterocycles. The molecule has 7 nitrogen and oxygen atoms in total. The van der Waals surface area contributed by atoms with Gasteiger partial charge in [0.05, 0.1) is 0 Å². The Morgan fingerprint density at radius 3 is 2.16 bits per heavy atom. The Labute approximate surface area is 216 Å². The lowest BCUT2D eigenvalue weighted by Crippen LogP contribution is -2.53. The van der Waals surface area contributed by atoms with Crippen molar-refractivity contribution in [2.45, 2.75) is 52.0 Å². The summed E-state index contributed by atoms with van der Waals surface area (Å²) in [7, 11) is 0. The molecule has 0 radical (unpaired) electrons. The van der Waals surface area contributed by atoms with Crippen LogP contribution in [0.4, 0.5) is 5.69 Å². The third-order valence-electron chi connectivity index (χ3n) is 8.48. The minimum absolute atomic E-state index is 0.144. The summed E-state index contributed by atoms with van der Waals surface area (Å²) in [6.45, 7) is 2.26. The molecule has 4 saturated carbocycles. The van der Waals surface area contributed by atoms with Crippen molar-refractivity contribution in [3.8, 4) is 11.4 Å². The first kappa shape index (κ1) is 23.6. The number of H-pyrrole nitrogens is 1. The number of amides is 2. The predicted octanol–water partition coefficient (Wildman–Crippen LogP) is 4.83. The van der Waals surface area contributed by atoms with Gasteiger partial charge in [0.15, 0.2) is 0 Å². The fourth-order valence-corrected chi connectivity index (χ4v) is 7.16. The van der Waals surface area contributed by atoms with Crippen molar-refractivity contribution in [3.63, 3.8) is 0 Å². The smallest absolute Gasteiger partial charge is 0.255 e. The number of nitrogens with zero attached hydrogens (tertiary/aromatic N) is 1. The molecule has 0 unspecified atom stereocenters. The molecule has 3 N–H and O–H groups in total. The maximum atomic E-state index is 13.2. The van der Waals surface area contributed by atoms with Gasteiger partial charge in [-0.3, -0.25) is 14.4 Å². The largest absolute Gasteiger partial charge is 0.352 e. The molecule has 4 aliphatic rings. The summed E-state index contributed by atoms with van der Waals surface area (Å²) in [5.74, 6) is 2.74. The quantitative estimate of drug-likeness (QED) is 0.455. The van der Waals surface area contributed by atoms with Gasteiger partial charge in [0, 0.05) is 40.5 Å². The molecule has 3 aromatic rings. The van der Waals surface area contributed by atoms with E-state index in [1.165, 1.54) is 25.3 Å². The van der Waals surface area contributed by atoms with Crippen molar-refractivity contribution in [1.82, 2.24) is 15.3 Å². The molecule has 7 rings (SSSR count). The molecule has 1 heterocycles. The van der Waals surface area contributed by atoms with Crippen molar-refractivity contribution in [2.75, 3.05) is 5.32 Å². The van der Waals surface area contributed by atoms with Crippen molar-refractivity contribution >= 4 is 17.5 Å². The van der Waals surface area contributed by atoms with E-state index in [0.717, 1.165) is 48.1 Å². The molecule has 2 amide bonds. The van der Waals surface area contributed by atoms with Gasteiger partial charge < -0.3 is 15.6 Å². The van der Waals surface area contributed by atoms with Gasteiger partial charge in [-0.15, -0.1) is 0 Å². The Morgan fingerprint density at radius 1 is 0.946 bits per heavy atom. The molecule has 1 aromatic heterocycles. The monoisotopic (exact) mass is 496 g/mol. The van der Waals surface area contributed by atoms with Crippen LogP contribution in [0.3, 0.4) is 0 Å². The summed E-state index contributed by atoms with van der Waals surface area (Å²) in [5, 5.41) is 6.11. The number of anilines is 1. The number of hydrogen-bond donors (Lipinski definition) is 3. The number of hydrogen-bond acceptors (Lipinski definition) is 4. The molecule has 190 valence electrons. The van der Waals surface area contributed by atoms with Gasteiger partial charge in [0.2, 0.25) is 5.91 Å². The van der Waals surface area contributed by atoms with Crippen LogP contribution in [0.1, 0.15) is 60.1 Å². The van der Waals surface area contributed by atoms with Crippen LogP contribution in [-0.2, 0) is 11.3 Å². The molecular weight excluding hydrogens is 464 g/mol. The van der Waals surface area contributed by atoms with Crippen LogP contribution < -0.4 is 16.2 Å². The zero-order chi connectivity index (χ0) is 25.6. The van der Waals surface area contributed by atoms with Gasteiger partial charge in [0.1, 0.15) is 5.82 Å². The second-order valence-electron chi connectivity index (χ2n) is 11.3. The molecular formula is C30H32N4O3. The minimum Gasteiger partial charge on any atom is -0.352 e. The van der Waals surface area contributed by atoms with E-state index >= 15 is 0 Å². The SMILES string of the molecule is Cc1cc(=O)[nH]c(-c2ccc(NC(=O)c3ccc(CNC(=O)C45CC6CC(CC(C6)C4)C5)cc3)cc2)n1. The molecule has 0 spiro atoms. The average Bonchev–Trinajstić information content (AvgIpc) is 2.86. The summed E-state index contributed by atoms with van der Waals surface area (Å²) >= 11 is 0. The fraction of sp³-hybridized carbons (Fsp3) is 0.400. The van der Waals surface area contributed by atoms with E-state index in [4.69, 9.17) is 0 Å². The third-order valence-corrected chi connectivity index (χ3v) is 8.48. The highest BCUT2D eigenvalue weighted by Gasteiger charge is 2.54. The van der Waals surface area contributed by atoms with Crippen molar-refractivity contribution in [1.29, 1.82) is 0 Å². The fourth-order valence-electron chi connectivity index (χ4n) is 7.16. The first-order chi connectivity index (χ1) is 17.8. The average molecular weight is 497 g/mol. The zero-order valence-electron chi connectivity index (χ0n) is 21.0. The molecule has 0 saturated heterocycles. The second-order valence-corrected chi connectivity index (χ2v) is 11.3. The number of carbonyl (C=O) groups is 2. The van der Waals surface area contributed by atoms with E-state index < -0.39 is 0 Å². The van der Waals surface area contributed by atoms with Gasteiger partial charge in [-0.1, -0.05) is 12.1 Å². The Morgan fingerprint density at radius 2 is 1.57 bits per heavy atom. The summed E-state index contributed by atoms with van der Waals surface area (Å²) in [4.78, 5) is 44.7. The highest BCUT2D eigenvalue weighted by atomic mass is 16.2. The highest BCUT2D eigenvalue weighted by Crippen LogP contribution is 2.60. The van der Waals surface area contributed by atoms with Crippen LogP contribution in [0.5, 0.6) is 0 Å². The summed E-state index contributed by atoms with van der Waals surface area (Å²) in [6, 6.07) is 16.0. The van der Waals surface area contributed by atoms with Crippen LogP contribution in [0.2, 0.25) is 0 Å². The molecule has 0 atom stereocenters. The van der Waals surface area contributed by atoms with Crippen LogP contribution in [-0.4, -0.2) is 21.8 Å². The lowest BCUT2D eigenvalue weighted by Gasteiger charge is -2.55. The van der Waals surface area contributed by atoms with E-state index in [1.807, 2.05) is 24.3 Å². The van der Waals surface area contributed by atoms with E-state index in [-0.39, 0.29) is 22.8 Å². The molecule has 37 heavy (non-hydrogen) atoms. The van der Waals surface area contributed by atoms with E-state index in [2.05, 4.69) is 20.6 Å². The molecule has 2 aromatic carbocycles. The van der Waals surface area contributed by atoms with E-state index in [1.54, 1.807) is 31.2 Å². The summed E-state index contributed by atoms with van der Waals surface area (Å²) in [6.07, 6.45) is 7.15. The maximum Gasteiger partial charge on any atom is 0.255 e. The lowest BCUT2D eigenvalue weighted by molar-refractivity contribution is -0.146. The maximum absolute atomic E-state index is 13.2. The van der Waals surface area contributed by atoms with Crippen molar-refractivity contribution in [2.24, 2.45) is 23.2 Å². The summed E-state index contributed by atoms with van der Waals surface area (Å²) < 4.78 is 0. The third kappa shape index (κ3) is 4.82. The predicted molar refractivity (Wildman–Crippen MR) is 142 cm³/mol. The number of aryl methyl sites for hydroxylation is 1. The number of aromatic amines is 1. The first-order valence-corrected chi connectivity index (χ1v) is 13.2. The number of rotatable bonds is 6. The normalized spacial score (nSPS) is 25.6. The standard InChI is InChI=1S/C30H32N4O3/c1-18-10-26(35)34-27(32-18)23-6-8-25(9-7-23)33-28(36)24-4-2-19(3-5-24)17-31-29(37)30-14-20-11-21(15-30)13-22(12-20)16-30/h2-10,20-22H,11-17H2,1H3,(H,31,37)(H,33,36)(H,32,34,35). The second kappa shape index (κ2) is 9.29.